The summed E-state index contributed by atoms with van der Waals surface area (Å²) in [6.07, 6.45) is -0.465. The van der Waals surface area contributed by atoms with Gasteiger partial charge in [0.05, 0.1) is 6.54 Å². The third-order valence-electron chi connectivity index (χ3n) is 0.781. The van der Waals surface area contributed by atoms with Crippen LogP contribution >= 0.6 is 12.4 Å². The molecular formula is C3H10BClF3N. The van der Waals surface area contributed by atoms with Crippen molar-refractivity contribution in [3.8, 4) is 0 Å². The van der Waals surface area contributed by atoms with Crippen molar-refractivity contribution < 1.29 is 18.7 Å². The molecule has 0 spiro atoms. The molecule has 0 bridgehead atoms. The van der Waals surface area contributed by atoms with Gasteiger partial charge in [-0.3, -0.25) is 0 Å². The van der Waals surface area contributed by atoms with E-state index in [-0.39, 0.29) is 18.8 Å². The normalized spacial score (nSPS) is 10.7. The van der Waals surface area contributed by atoms with Gasteiger partial charge in [0.1, 0.15) is 0 Å². The Hall–Kier alpha value is 0.105. The van der Waals surface area contributed by atoms with Gasteiger partial charge >= 0.3 is 6.98 Å². The Morgan fingerprint density at radius 2 is 1.67 bits per heavy atom. The first kappa shape index (κ1) is 11.8. The molecule has 6 heteroatoms. The molecule has 0 aliphatic rings. The van der Waals surface area contributed by atoms with Gasteiger partial charge in [0, 0.05) is 0 Å². The van der Waals surface area contributed by atoms with E-state index in [2.05, 4.69) is 5.73 Å². The highest BCUT2D eigenvalue weighted by atomic mass is 35.5. The summed E-state index contributed by atoms with van der Waals surface area (Å²) >= 11 is 0. The van der Waals surface area contributed by atoms with Gasteiger partial charge in [-0.1, -0.05) is 6.32 Å². The summed E-state index contributed by atoms with van der Waals surface area (Å²) in [7, 11) is 0. The number of hydrogen-bond donors (Lipinski definition) is 1. The van der Waals surface area contributed by atoms with Gasteiger partial charge in [-0.15, -0.1) is 12.4 Å². The van der Waals surface area contributed by atoms with E-state index < -0.39 is 13.3 Å². The highest BCUT2D eigenvalue weighted by Gasteiger charge is 2.21. The molecule has 0 atom stereocenters. The summed E-state index contributed by atoms with van der Waals surface area (Å²) in [6.45, 7) is -4.17. The second kappa shape index (κ2) is 4.94. The van der Waals surface area contributed by atoms with Crippen molar-refractivity contribution in [2.45, 2.75) is 12.7 Å². The molecule has 3 N–H and O–H groups in total. The molecule has 9 heavy (non-hydrogen) atoms. The van der Waals surface area contributed by atoms with Crippen LogP contribution in [-0.2, 0) is 0 Å². The van der Waals surface area contributed by atoms with Crippen LogP contribution in [0.5, 0.6) is 0 Å². The molecule has 0 saturated carbocycles. The van der Waals surface area contributed by atoms with Crippen molar-refractivity contribution in [1.29, 1.82) is 0 Å². The van der Waals surface area contributed by atoms with Crippen molar-refractivity contribution in [2.24, 2.45) is 0 Å². The zero-order valence-electron chi connectivity index (χ0n) is 4.95. The molecule has 0 aromatic heterocycles. The fourth-order valence-corrected chi connectivity index (χ4v) is 0.376. The number of quaternary nitrogens is 1. The Kier molecular flexibility index (Phi) is 6.50. The standard InChI is InChI=1S/C3H8BF3N.ClH/c5-4(6,7)2-1-3-8;/h1-3,8H2;1H/q-1;/p+1. The summed E-state index contributed by atoms with van der Waals surface area (Å²) in [4.78, 5) is 0. The Morgan fingerprint density at radius 3 is 1.78 bits per heavy atom. The average Bonchev–Trinajstić information content (AvgIpc) is 1.59. The van der Waals surface area contributed by atoms with E-state index in [1.165, 1.54) is 0 Å². The smallest absolute Gasteiger partial charge is 0.449 e. The Morgan fingerprint density at radius 1 is 1.22 bits per heavy atom. The zero-order chi connectivity index (χ0) is 6.62. The van der Waals surface area contributed by atoms with Gasteiger partial charge in [0.25, 0.3) is 0 Å². The fraction of sp³-hybridized carbons (Fsp3) is 1.00. The monoisotopic (exact) mass is 163 g/mol. The molecule has 0 heterocycles. The Labute approximate surface area is 58.3 Å². The zero-order valence-corrected chi connectivity index (χ0v) is 5.76. The highest BCUT2D eigenvalue weighted by Crippen LogP contribution is 2.15. The average molecular weight is 163 g/mol. The van der Waals surface area contributed by atoms with Crippen LogP contribution in [0.3, 0.4) is 0 Å². The number of hydrogen-bond acceptors (Lipinski definition) is 0. The lowest BCUT2D eigenvalue weighted by Gasteiger charge is -2.10. The van der Waals surface area contributed by atoms with E-state index in [0.717, 1.165) is 0 Å². The lowest BCUT2D eigenvalue weighted by atomic mass is 9.84. The van der Waals surface area contributed by atoms with Crippen LogP contribution in [0.25, 0.3) is 0 Å². The highest BCUT2D eigenvalue weighted by molar-refractivity contribution is 6.58. The second-order valence-corrected chi connectivity index (χ2v) is 1.71. The van der Waals surface area contributed by atoms with Gasteiger partial charge in [-0.05, 0) is 6.42 Å². The van der Waals surface area contributed by atoms with Crippen molar-refractivity contribution in [3.63, 3.8) is 0 Å². The molecule has 0 aliphatic heterocycles. The van der Waals surface area contributed by atoms with Gasteiger partial charge in [-0.2, -0.15) is 0 Å². The van der Waals surface area contributed by atoms with E-state index in [1.807, 2.05) is 0 Å². The molecule has 0 unspecified atom stereocenters. The molecule has 0 amide bonds. The molecule has 0 aromatic carbocycles. The van der Waals surface area contributed by atoms with E-state index in [4.69, 9.17) is 0 Å². The first-order valence-corrected chi connectivity index (χ1v) is 2.56. The lowest BCUT2D eigenvalue weighted by Crippen LogP contribution is -2.50. The maximum absolute atomic E-state index is 11.3. The predicted molar refractivity (Wildman–Crippen MR) is 33.5 cm³/mol. The first-order chi connectivity index (χ1) is 3.56. The van der Waals surface area contributed by atoms with Gasteiger partial charge in [0.2, 0.25) is 0 Å². The Bertz CT molecular complexity index is 66.6. The van der Waals surface area contributed by atoms with Crippen LogP contribution in [0.2, 0.25) is 6.32 Å². The molecule has 0 saturated heterocycles. The number of rotatable bonds is 3. The van der Waals surface area contributed by atoms with E-state index in [0.29, 0.717) is 6.54 Å². The third-order valence-corrected chi connectivity index (χ3v) is 0.781. The summed E-state index contributed by atoms with van der Waals surface area (Å²) in [5.41, 5.74) is 3.30. The maximum Gasteiger partial charge on any atom is 0.478 e. The lowest BCUT2D eigenvalue weighted by molar-refractivity contribution is -0.367. The molecule has 0 rings (SSSR count). The van der Waals surface area contributed by atoms with E-state index >= 15 is 0 Å². The van der Waals surface area contributed by atoms with Gasteiger partial charge in [-0.25, -0.2) is 0 Å². The van der Waals surface area contributed by atoms with Crippen molar-refractivity contribution in [1.82, 2.24) is 0 Å². The van der Waals surface area contributed by atoms with Crippen LogP contribution in [0, 0.1) is 0 Å². The molecule has 0 fully saturated rings. The topological polar surface area (TPSA) is 27.6 Å². The number of halogens is 4. The predicted octanol–water partition coefficient (Wildman–Crippen LogP) is 0.888. The van der Waals surface area contributed by atoms with Crippen molar-refractivity contribution in [3.05, 3.63) is 0 Å². The quantitative estimate of drug-likeness (QED) is 0.599. The molecule has 0 radical (unpaired) electrons. The Balaban J connectivity index is 0. The van der Waals surface area contributed by atoms with Gasteiger partial charge in [0.15, 0.2) is 0 Å². The van der Waals surface area contributed by atoms with Crippen LogP contribution in [-0.4, -0.2) is 13.5 Å². The summed E-state index contributed by atoms with van der Waals surface area (Å²) in [5, 5.41) is 0. The van der Waals surface area contributed by atoms with Crippen LogP contribution in [0.15, 0.2) is 0 Å². The summed E-state index contributed by atoms with van der Waals surface area (Å²) in [6, 6.07) is 0. The SMILES string of the molecule is Cl.[NH3+]CCC[B-](F)(F)F. The second-order valence-electron chi connectivity index (χ2n) is 1.71. The van der Waals surface area contributed by atoms with Crippen molar-refractivity contribution in [2.75, 3.05) is 6.54 Å². The largest absolute Gasteiger partial charge is 0.478 e. The first-order valence-electron chi connectivity index (χ1n) is 2.56. The van der Waals surface area contributed by atoms with Crippen LogP contribution < -0.4 is 5.73 Å². The fourth-order valence-electron chi connectivity index (χ4n) is 0.376. The molecule has 1 nitrogen and oxygen atoms in total. The minimum atomic E-state index is -4.54. The van der Waals surface area contributed by atoms with E-state index in [9.17, 15) is 12.9 Å². The van der Waals surface area contributed by atoms with E-state index in [1.54, 1.807) is 0 Å². The summed E-state index contributed by atoms with van der Waals surface area (Å²) in [5.74, 6) is 0. The maximum atomic E-state index is 11.3. The minimum Gasteiger partial charge on any atom is -0.449 e. The molecule has 0 aliphatic carbocycles. The van der Waals surface area contributed by atoms with Crippen molar-refractivity contribution >= 4 is 19.4 Å². The molecular weight excluding hydrogens is 153 g/mol. The van der Waals surface area contributed by atoms with Crippen LogP contribution in [0.4, 0.5) is 12.9 Å². The summed E-state index contributed by atoms with van der Waals surface area (Å²) < 4.78 is 33.8. The molecule has 0 aromatic rings. The third kappa shape index (κ3) is 11.6. The minimum absolute atomic E-state index is 0. The molecule has 58 valence electrons. The van der Waals surface area contributed by atoms with Gasteiger partial charge < -0.3 is 18.7 Å². The van der Waals surface area contributed by atoms with Crippen LogP contribution in [0.1, 0.15) is 6.42 Å².